The molecule has 1 aromatic carbocycles. The lowest BCUT2D eigenvalue weighted by Crippen LogP contribution is -2.42. The van der Waals surface area contributed by atoms with Crippen molar-refractivity contribution in [2.24, 2.45) is 23.5 Å². The molecule has 2 saturated carbocycles. The molecule has 0 radical (unpaired) electrons. The second-order valence-electron chi connectivity index (χ2n) is 5.67. The van der Waals surface area contributed by atoms with Crippen molar-refractivity contribution in [3.63, 3.8) is 0 Å². The first-order chi connectivity index (χ1) is 9.47. The molecule has 2 aliphatic carbocycles. The largest absolute Gasteiger partial charge is 0.327 e. The lowest BCUT2D eigenvalue weighted by molar-refractivity contribution is -0.121. The van der Waals surface area contributed by atoms with Gasteiger partial charge >= 0.3 is 0 Å². The topological polar surface area (TPSA) is 55.1 Å². The second-order valence-corrected chi connectivity index (χ2v) is 6.48. The Hall–Kier alpha value is -0.840. The highest BCUT2D eigenvalue weighted by Crippen LogP contribution is 2.48. The Kier molecular flexibility index (Phi) is 3.65. The van der Waals surface area contributed by atoms with Crippen LogP contribution in [0, 0.1) is 23.6 Å². The van der Waals surface area contributed by atoms with Gasteiger partial charge in [0.1, 0.15) is 5.82 Å². The fourth-order valence-electron chi connectivity index (χ4n) is 3.59. The number of benzene rings is 1. The van der Waals surface area contributed by atoms with Gasteiger partial charge in [-0.25, -0.2) is 4.39 Å². The number of rotatable bonds is 2. The van der Waals surface area contributed by atoms with E-state index in [0.29, 0.717) is 11.8 Å². The average molecular weight is 317 g/mol. The van der Waals surface area contributed by atoms with Crippen molar-refractivity contribution in [2.45, 2.75) is 25.3 Å². The van der Waals surface area contributed by atoms with Crippen LogP contribution in [0.1, 0.15) is 19.3 Å². The van der Waals surface area contributed by atoms with E-state index in [1.165, 1.54) is 0 Å². The van der Waals surface area contributed by atoms with Crippen molar-refractivity contribution in [3.8, 4) is 0 Å². The summed E-state index contributed by atoms with van der Waals surface area (Å²) in [6.07, 6.45) is 3.17. The number of nitrogens with one attached hydrogen (secondary N) is 1. The average Bonchev–Trinajstić information content (AvgIpc) is 2.94. The van der Waals surface area contributed by atoms with Gasteiger partial charge in [0, 0.05) is 6.04 Å². The van der Waals surface area contributed by atoms with Crippen LogP contribution in [0.15, 0.2) is 12.1 Å². The lowest BCUT2D eigenvalue weighted by atomic mass is 9.84. The molecule has 4 unspecified atom stereocenters. The van der Waals surface area contributed by atoms with E-state index < -0.39 is 5.82 Å². The number of carbonyl (C=O) groups is 1. The summed E-state index contributed by atoms with van der Waals surface area (Å²) in [5, 5.41) is 2.91. The molecule has 2 fully saturated rings. The molecule has 4 atom stereocenters. The van der Waals surface area contributed by atoms with Gasteiger partial charge in [-0.05, 0) is 43.2 Å². The monoisotopic (exact) mass is 316 g/mol. The number of anilines is 1. The van der Waals surface area contributed by atoms with Crippen molar-refractivity contribution in [1.82, 2.24) is 0 Å². The molecule has 3 rings (SSSR count). The number of halogens is 3. The van der Waals surface area contributed by atoms with Crippen molar-refractivity contribution in [3.05, 3.63) is 28.0 Å². The van der Waals surface area contributed by atoms with Crippen LogP contribution in [0.2, 0.25) is 10.0 Å². The third kappa shape index (κ3) is 2.30. The van der Waals surface area contributed by atoms with Crippen LogP contribution in [0.3, 0.4) is 0 Å². The molecule has 0 aromatic heterocycles. The molecule has 1 aromatic rings. The Labute approximate surface area is 126 Å². The zero-order chi connectivity index (χ0) is 14.4. The summed E-state index contributed by atoms with van der Waals surface area (Å²) < 4.78 is 13.1. The van der Waals surface area contributed by atoms with E-state index in [9.17, 15) is 9.18 Å². The van der Waals surface area contributed by atoms with Gasteiger partial charge in [0.05, 0.1) is 21.7 Å². The zero-order valence-corrected chi connectivity index (χ0v) is 12.2. The van der Waals surface area contributed by atoms with Crippen LogP contribution >= 0.6 is 23.2 Å². The minimum absolute atomic E-state index is 0.0973. The van der Waals surface area contributed by atoms with Crippen molar-refractivity contribution < 1.29 is 9.18 Å². The zero-order valence-electron chi connectivity index (χ0n) is 10.7. The van der Waals surface area contributed by atoms with E-state index in [1.807, 2.05) is 0 Å². The number of amides is 1. The normalized spacial score (nSPS) is 31.6. The van der Waals surface area contributed by atoms with Crippen LogP contribution in [0.4, 0.5) is 10.1 Å². The van der Waals surface area contributed by atoms with Crippen molar-refractivity contribution >= 4 is 34.8 Å². The summed E-state index contributed by atoms with van der Waals surface area (Å²) in [6.45, 7) is 0. The summed E-state index contributed by atoms with van der Waals surface area (Å²) in [6, 6.07) is 2.15. The highest BCUT2D eigenvalue weighted by atomic mass is 35.5. The molecule has 20 heavy (non-hydrogen) atoms. The molecule has 0 saturated heterocycles. The number of hydrogen-bond donors (Lipinski definition) is 2. The molecule has 0 spiro atoms. The van der Waals surface area contributed by atoms with E-state index in [1.54, 1.807) is 0 Å². The first-order valence-corrected chi connectivity index (χ1v) is 7.44. The summed E-state index contributed by atoms with van der Waals surface area (Å²) in [5.41, 5.74) is 6.39. The molecule has 3 nitrogen and oxygen atoms in total. The maximum atomic E-state index is 13.1. The third-order valence-electron chi connectivity index (χ3n) is 4.54. The number of hydrogen-bond acceptors (Lipinski definition) is 2. The van der Waals surface area contributed by atoms with E-state index in [-0.39, 0.29) is 33.6 Å². The molecule has 0 aliphatic heterocycles. The Morgan fingerprint density at radius 2 is 1.85 bits per heavy atom. The van der Waals surface area contributed by atoms with Gasteiger partial charge in [0.25, 0.3) is 0 Å². The van der Waals surface area contributed by atoms with E-state index >= 15 is 0 Å². The van der Waals surface area contributed by atoms with Gasteiger partial charge < -0.3 is 11.1 Å². The lowest BCUT2D eigenvalue weighted by Gasteiger charge is -2.27. The third-order valence-corrected chi connectivity index (χ3v) is 5.13. The standard InChI is InChI=1S/C14H15Cl2FN2O/c15-9-4-8(17)5-10(16)13(9)19-14(20)11-6-1-2-7(3-6)12(11)18/h4-7,11-12H,1-3,18H2,(H,19,20). The minimum atomic E-state index is -0.533. The predicted molar refractivity (Wildman–Crippen MR) is 77.3 cm³/mol. The van der Waals surface area contributed by atoms with Crippen LogP contribution < -0.4 is 11.1 Å². The first-order valence-electron chi connectivity index (χ1n) is 6.68. The summed E-state index contributed by atoms with van der Waals surface area (Å²) in [7, 11) is 0. The molecule has 2 bridgehead atoms. The molecule has 0 heterocycles. The van der Waals surface area contributed by atoms with Gasteiger partial charge in [-0.1, -0.05) is 23.2 Å². The first kappa shape index (κ1) is 14.1. The van der Waals surface area contributed by atoms with E-state index in [4.69, 9.17) is 28.9 Å². The second kappa shape index (κ2) is 5.17. The van der Waals surface area contributed by atoms with Crippen molar-refractivity contribution in [1.29, 1.82) is 0 Å². The van der Waals surface area contributed by atoms with E-state index in [0.717, 1.165) is 31.4 Å². The predicted octanol–water partition coefficient (Wildman–Crippen LogP) is 3.44. The SMILES string of the molecule is NC1C2CCC(C2)C1C(=O)Nc1c(Cl)cc(F)cc1Cl. The Bertz CT molecular complexity index is 541. The molecule has 3 N–H and O–H groups in total. The summed E-state index contributed by atoms with van der Waals surface area (Å²) in [4.78, 5) is 12.4. The van der Waals surface area contributed by atoms with Gasteiger partial charge in [-0.15, -0.1) is 0 Å². The Morgan fingerprint density at radius 1 is 1.25 bits per heavy atom. The van der Waals surface area contributed by atoms with Gasteiger partial charge in [0.2, 0.25) is 5.91 Å². The van der Waals surface area contributed by atoms with Crippen molar-refractivity contribution in [2.75, 3.05) is 5.32 Å². The fraction of sp³-hybridized carbons (Fsp3) is 0.500. The Morgan fingerprint density at radius 3 is 2.40 bits per heavy atom. The van der Waals surface area contributed by atoms with Gasteiger partial charge in [0.15, 0.2) is 0 Å². The molecule has 6 heteroatoms. The fourth-order valence-corrected chi connectivity index (χ4v) is 4.15. The van der Waals surface area contributed by atoms with Gasteiger partial charge in [-0.3, -0.25) is 4.79 Å². The van der Waals surface area contributed by atoms with Crippen LogP contribution in [0.5, 0.6) is 0 Å². The maximum absolute atomic E-state index is 13.1. The molecular weight excluding hydrogens is 302 g/mol. The smallest absolute Gasteiger partial charge is 0.229 e. The van der Waals surface area contributed by atoms with Gasteiger partial charge in [-0.2, -0.15) is 0 Å². The maximum Gasteiger partial charge on any atom is 0.229 e. The molecule has 1 amide bonds. The molecule has 2 aliphatic rings. The molecular formula is C14H15Cl2FN2O. The Balaban J connectivity index is 1.80. The highest BCUT2D eigenvalue weighted by molar-refractivity contribution is 6.39. The van der Waals surface area contributed by atoms with Crippen LogP contribution in [-0.4, -0.2) is 11.9 Å². The highest BCUT2D eigenvalue weighted by Gasteiger charge is 2.49. The van der Waals surface area contributed by atoms with Crippen LogP contribution in [0.25, 0.3) is 0 Å². The molecule has 108 valence electrons. The number of carbonyl (C=O) groups excluding carboxylic acids is 1. The summed E-state index contributed by atoms with van der Waals surface area (Å²) in [5.74, 6) is -0.122. The summed E-state index contributed by atoms with van der Waals surface area (Å²) >= 11 is 11.9. The van der Waals surface area contributed by atoms with E-state index in [2.05, 4.69) is 5.32 Å². The van der Waals surface area contributed by atoms with Crippen LogP contribution in [-0.2, 0) is 4.79 Å². The number of fused-ring (bicyclic) bond motifs is 2. The number of nitrogens with two attached hydrogens (primary N) is 1. The minimum Gasteiger partial charge on any atom is -0.327 e. The quantitative estimate of drug-likeness (QED) is 0.878.